The molecule has 0 bridgehead atoms. The van der Waals surface area contributed by atoms with E-state index in [-0.39, 0.29) is 30.3 Å². The fraction of sp³-hybridized carbons (Fsp3) is 0.395. The van der Waals surface area contributed by atoms with Crippen molar-refractivity contribution in [2.45, 2.75) is 50.4 Å². The van der Waals surface area contributed by atoms with E-state index in [9.17, 15) is 37.5 Å². The highest BCUT2D eigenvalue weighted by atomic mass is 19.4. The van der Waals surface area contributed by atoms with Crippen LogP contribution in [0.15, 0.2) is 66.7 Å². The largest absolute Gasteiger partial charge is 0.494 e. The van der Waals surface area contributed by atoms with Gasteiger partial charge in [0.1, 0.15) is 24.1 Å². The number of imide groups is 1. The van der Waals surface area contributed by atoms with Gasteiger partial charge in [-0.25, -0.2) is 0 Å². The average molecular weight is 751 g/mol. The molecule has 5 rings (SSSR count). The van der Waals surface area contributed by atoms with Crippen LogP contribution in [0.5, 0.6) is 11.5 Å². The standard InChI is InChI=1S/C38H41F3N6O7/c1-37(52,36(51)43-27-6-5-26(23-42)31(22-27)38(39,40)41)24-54-30-11-7-28(8-12-30)47-18-16-46(17-19-47)15-2-20-53-29-9-3-25(4-10-29)21-34(49)44-32-13-14-33(48)45-35(32)50/h3-12,22,32,52H,2,13-21,24H2,1H3,(H,43,51)(H,44,49)(H,45,48,50)/t32-,37?/m0/s1. The molecule has 0 spiro atoms. The van der Waals surface area contributed by atoms with Gasteiger partial charge in [0.05, 0.1) is 30.2 Å². The summed E-state index contributed by atoms with van der Waals surface area (Å²) in [4.78, 5) is 52.8. The number of alkyl halides is 3. The maximum atomic E-state index is 13.3. The van der Waals surface area contributed by atoms with Gasteiger partial charge >= 0.3 is 6.18 Å². The second kappa shape index (κ2) is 17.4. The Kier molecular flexibility index (Phi) is 12.8. The number of rotatable bonds is 14. The first-order valence-corrected chi connectivity index (χ1v) is 17.4. The molecule has 2 saturated heterocycles. The Morgan fingerprint density at radius 2 is 1.65 bits per heavy atom. The third-order valence-corrected chi connectivity index (χ3v) is 9.04. The van der Waals surface area contributed by atoms with Gasteiger partial charge in [-0.05, 0) is 79.9 Å². The third-order valence-electron chi connectivity index (χ3n) is 9.04. The lowest BCUT2D eigenvalue weighted by atomic mass is 10.1. The minimum Gasteiger partial charge on any atom is -0.494 e. The predicted octanol–water partition coefficient (Wildman–Crippen LogP) is 3.40. The van der Waals surface area contributed by atoms with Gasteiger partial charge in [-0.1, -0.05) is 12.1 Å². The summed E-state index contributed by atoms with van der Waals surface area (Å²) in [7, 11) is 0. The van der Waals surface area contributed by atoms with Gasteiger partial charge < -0.3 is 30.1 Å². The van der Waals surface area contributed by atoms with Crippen LogP contribution < -0.4 is 30.3 Å². The Balaban J connectivity index is 0.978. The van der Waals surface area contributed by atoms with Crippen LogP contribution in [0.4, 0.5) is 24.5 Å². The summed E-state index contributed by atoms with van der Waals surface area (Å²) in [6.07, 6.45) is -3.37. The second-order valence-corrected chi connectivity index (χ2v) is 13.3. The first-order valence-electron chi connectivity index (χ1n) is 17.4. The highest BCUT2D eigenvalue weighted by Crippen LogP contribution is 2.34. The van der Waals surface area contributed by atoms with E-state index < -0.39 is 47.4 Å². The quantitative estimate of drug-likeness (QED) is 0.141. The van der Waals surface area contributed by atoms with Crippen LogP contribution in [-0.4, -0.2) is 91.2 Å². The number of halogens is 3. The molecule has 286 valence electrons. The number of ether oxygens (including phenoxy) is 2. The number of carbonyl (C=O) groups excluding carboxylic acids is 4. The molecule has 3 aromatic carbocycles. The summed E-state index contributed by atoms with van der Waals surface area (Å²) in [6.45, 7) is 5.45. The molecule has 13 nitrogen and oxygen atoms in total. The third kappa shape index (κ3) is 10.9. The Bertz CT molecular complexity index is 1850. The van der Waals surface area contributed by atoms with Crippen LogP contribution in [0.3, 0.4) is 0 Å². The van der Waals surface area contributed by atoms with Crippen molar-refractivity contribution in [2.75, 3.05) is 56.2 Å². The van der Waals surface area contributed by atoms with E-state index in [1.165, 1.54) is 13.0 Å². The fourth-order valence-electron chi connectivity index (χ4n) is 5.94. The molecule has 2 aliphatic rings. The predicted molar refractivity (Wildman–Crippen MR) is 191 cm³/mol. The first kappa shape index (κ1) is 39.5. The minimum atomic E-state index is -4.79. The number of hydrogen-bond donors (Lipinski definition) is 4. The molecule has 0 radical (unpaired) electrons. The Morgan fingerprint density at radius 3 is 2.30 bits per heavy atom. The zero-order chi connectivity index (χ0) is 38.9. The molecule has 2 fully saturated rings. The van der Waals surface area contributed by atoms with E-state index in [4.69, 9.17) is 14.7 Å². The lowest BCUT2D eigenvalue weighted by molar-refractivity contribution is -0.138. The number of benzene rings is 3. The highest BCUT2D eigenvalue weighted by molar-refractivity contribution is 6.01. The smallest absolute Gasteiger partial charge is 0.417 e. The topological polar surface area (TPSA) is 173 Å². The summed E-state index contributed by atoms with van der Waals surface area (Å²) in [5.74, 6) is -0.990. The number of piperidine rings is 1. The number of nitrogens with one attached hydrogen (secondary N) is 3. The monoisotopic (exact) mass is 750 g/mol. The van der Waals surface area contributed by atoms with Crippen LogP contribution in [-0.2, 0) is 31.8 Å². The van der Waals surface area contributed by atoms with Gasteiger partial charge in [0.2, 0.25) is 17.7 Å². The number of piperazine rings is 1. The molecule has 54 heavy (non-hydrogen) atoms. The van der Waals surface area contributed by atoms with E-state index >= 15 is 0 Å². The number of nitrogens with zero attached hydrogens (tertiary/aromatic N) is 3. The van der Waals surface area contributed by atoms with Crippen LogP contribution in [0.1, 0.15) is 42.9 Å². The lowest BCUT2D eigenvalue weighted by Crippen LogP contribution is -2.52. The van der Waals surface area contributed by atoms with Crippen molar-refractivity contribution >= 4 is 35.0 Å². The molecule has 0 saturated carbocycles. The van der Waals surface area contributed by atoms with Gasteiger partial charge in [0.15, 0.2) is 5.60 Å². The molecule has 2 aliphatic heterocycles. The number of aliphatic hydroxyl groups is 1. The van der Waals surface area contributed by atoms with Crippen molar-refractivity contribution in [2.24, 2.45) is 0 Å². The lowest BCUT2D eigenvalue weighted by Gasteiger charge is -2.36. The first-order chi connectivity index (χ1) is 25.7. The Labute approximate surface area is 310 Å². The number of carbonyl (C=O) groups is 4. The number of nitriles is 1. The summed E-state index contributed by atoms with van der Waals surface area (Å²) >= 11 is 0. The number of hydrogen-bond acceptors (Lipinski definition) is 10. The molecule has 4 N–H and O–H groups in total. The van der Waals surface area contributed by atoms with E-state index in [1.54, 1.807) is 36.4 Å². The second-order valence-electron chi connectivity index (χ2n) is 13.3. The molecule has 0 aromatic heterocycles. The summed E-state index contributed by atoms with van der Waals surface area (Å²) in [6, 6.07) is 17.9. The van der Waals surface area contributed by atoms with Crippen molar-refractivity contribution in [3.8, 4) is 17.6 Å². The summed E-state index contributed by atoms with van der Waals surface area (Å²) in [5, 5.41) is 26.8. The van der Waals surface area contributed by atoms with E-state index in [0.717, 1.165) is 62.5 Å². The van der Waals surface area contributed by atoms with Crippen LogP contribution >= 0.6 is 0 Å². The zero-order valence-corrected chi connectivity index (χ0v) is 29.6. The molecular formula is C38H41F3N6O7. The van der Waals surface area contributed by atoms with Crippen molar-refractivity contribution in [1.82, 2.24) is 15.5 Å². The number of anilines is 2. The SMILES string of the molecule is CC(O)(COc1ccc(N2CCN(CCCOc3ccc(CC(=O)N[C@H]4CCC(=O)NC4=O)cc3)CC2)cc1)C(=O)Nc1ccc(C#N)c(C(F)(F)F)c1. The molecule has 16 heteroatoms. The fourth-order valence-corrected chi connectivity index (χ4v) is 5.94. The van der Waals surface area contributed by atoms with Gasteiger partial charge in [-0.2, -0.15) is 18.4 Å². The molecule has 2 heterocycles. The highest BCUT2D eigenvalue weighted by Gasteiger charge is 2.36. The molecule has 4 amide bonds. The summed E-state index contributed by atoms with van der Waals surface area (Å²) < 4.78 is 51.4. The number of amides is 4. The molecular weight excluding hydrogens is 709 g/mol. The Hall–Kier alpha value is -5.66. The van der Waals surface area contributed by atoms with Crippen molar-refractivity contribution in [1.29, 1.82) is 5.26 Å². The molecule has 0 aliphatic carbocycles. The zero-order valence-electron chi connectivity index (χ0n) is 29.6. The van der Waals surface area contributed by atoms with Gasteiger partial charge in [-0.15, -0.1) is 0 Å². The molecule has 3 aromatic rings. The van der Waals surface area contributed by atoms with Crippen LogP contribution in [0, 0.1) is 11.3 Å². The van der Waals surface area contributed by atoms with Gasteiger partial charge in [-0.3, -0.25) is 29.4 Å². The molecule has 1 unspecified atom stereocenters. The normalized spacial score (nSPS) is 17.5. The van der Waals surface area contributed by atoms with E-state index in [1.807, 2.05) is 12.1 Å². The van der Waals surface area contributed by atoms with Crippen molar-refractivity contribution in [3.63, 3.8) is 0 Å². The van der Waals surface area contributed by atoms with Gasteiger partial charge in [0.25, 0.3) is 5.91 Å². The van der Waals surface area contributed by atoms with E-state index in [2.05, 4.69) is 25.8 Å². The Morgan fingerprint density at radius 1 is 0.981 bits per heavy atom. The average Bonchev–Trinajstić information content (AvgIpc) is 3.14. The van der Waals surface area contributed by atoms with Gasteiger partial charge in [0, 0.05) is 50.5 Å². The maximum Gasteiger partial charge on any atom is 0.417 e. The van der Waals surface area contributed by atoms with Crippen molar-refractivity contribution < 1.29 is 46.9 Å². The van der Waals surface area contributed by atoms with E-state index in [0.29, 0.717) is 30.6 Å². The van der Waals surface area contributed by atoms with Crippen LogP contribution in [0.2, 0.25) is 0 Å². The summed E-state index contributed by atoms with van der Waals surface area (Å²) in [5.41, 5.74) is -2.31. The van der Waals surface area contributed by atoms with Crippen LogP contribution in [0.25, 0.3) is 0 Å². The molecule has 2 atom stereocenters. The maximum absolute atomic E-state index is 13.3. The minimum absolute atomic E-state index is 0.107. The van der Waals surface area contributed by atoms with Crippen molar-refractivity contribution in [3.05, 3.63) is 83.4 Å².